The molecule has 70 valence electrons. The van der Waals surface area contributed by atoms with Crippen LogP contribution in [-0.4, -0.2) is 19.9 Å². The third-order valence-corrected chi connectivity index (χ3v) is 1.27. The Balaban J connectivity index is 1.96. The van der Waals surface area contributed by atoms with E-state index in [-0.39, 0.29) is 12.0 Å². The first-order valence-corrected chi connectivity index (χ1v) is 3.84. The Morgan fingerprint density at radius 1 is 0.643 bits per heavy atom. The van der Waals surface area contributed by atoms with Gasteiger partial charge in [-0.15, -0.1) is 0 Å². The zero-order valence-corrected chi connectivity index (χ0v) is 7.07. The average molecular weight is 190 g/mol. The van der Waals surface area contributed by atoms with Gasteiger partial charge in [-0.2, -0.15) is 0 Å². The molecular formula is C8H6N4O2. The van der Waals surface area contributed by atoms with Crippen molar-refractivity contribution < 1.29 is 9.78 Å². The molecule has 0 saturated carbocycles. The third-order valence-electron chi connectivity index (χ3n) is 1.27. The molecule has 6 heteroatoms. The largest absolute Gasteiger partial charge is 0.366 e. The molecule has 0 amide bonds. The lowest BCUT2D eigenvalue weighted by atomic mass is 10.7. The Bertz CT molecular complexity index is 342. The first kappa shape index (κ1) is 8.36. The van der Waals surface area contributed by atoms with Crippen molar-refractivity contribution in [3.63, 3.8) is 0 Å². The summed E-state index contributed by atoms with van der Waals surface area (Å²) in [5.41, 5.74) is 0. The molecule has 0 aliphatic heterocycles. The molecule has 14 heavy (non-hydrogen) atoms. The van der Waals surface area contributed by atoms with Gasteiger partial charge in [-0.05, 0) is 12.1 Å². The van der Waals surface area contributed by atoms with Gasteiger partial charge in [0.15, 0.2) is 0 Å². The SMILES string of the molecule is c1cnc(OOc2ncccn2)nc1. The van der Waals surface area contributed by atoms with E-state index in [4.69, 9.17) is 9.78 Å². The standard InChI is InChI=1S/C8H6N4O2/c1-3-9-7(10-4-1)13-14-8-11-5-2-6-12-8/h1-6H. The van der Waals surface area contributed by atoms with E-state index in [9.17, 15) is 0 Å². The molecule has 0 radical (unpaired) electrons. The van der Waals surface area contributed by atoms with Gasteiger partial charge in [0.1, 0.15) is 0 Å². The molecule has 0 aliphatic carbocycles. The van der Waals surface area contributed by atoms with Crippen molar-refractivity contribution in [3.05, 3.63) is 36.9 Å². The van der Waals surface area contributed by atoms with Crippen LogP contribution in [0.15, 0.2) is 36.9 Å². The van der Waals surface area contributed by atoms with Crippen LogP contribution in [-0.2, 0) is 0 Å². The maximum atomic E-state index is 4.74. The molecule has 2 aromatic heterocycles. The molecule has 0 fully saturated rings. The molecule has 0 saturated heterocycles. The molecule has 2 aromatic rings. The van der Waals surface area contributed by atoms with Crippen LogP contribution in [0.25, 0.3) is 0 Å². The number of hydrogen-bond acceptors (Lipinski definition) is 6. The van der Waals surface area contributed by atoms with Gasteiger partial charge in [0.25, 0.3) is 0 Å². The predicted octanol–water partition coefficient (Wildman–Crippen LogP) is 0.639. The average Bonchev–Trinajstić information content (AvgIpc) is 2.29. The van der Waals surface area contributed by atoms with Gasteiger partial charge in [-0.3, -0.25) is 0 Å². The Labute approximate surface area is 79.5 Å². The van der Waals surface area contributed by atoms with Crippen molar-refractivity contribution in [2.45, 2.75) is 0 Å². The lowest BCUT2D eigenvalue weighted by Gasteiger charge is -1.99. The van der Waals surface area contributed by atoms with Crippen LogP contribution in [0.4, 0.5) is 0 Å². The molecule has 2 rings (SSSR count). The minimum atomic E-state index is 0.111. The van der Waals surface area contributed by atoms with E-state index < -0.39 is 0 Å². The van der Waals surface area contributed by atoms with E-state index >= 15 is 0 Å². The van der Waals surface area contributed by atoms with Crippen LogP contribution >= 0.6 is 0 Å². The lowest BCUT2D eigenvalue weighted by molar-refractivity contribution is -0.117. The monoisotopic (exact) mass is 190 g/mol. The second-order valence-corrected chi connectivity index (χ2v) is 2.23. The number of aromatic nitrogens is 4. The molecule has 0 aromatic carbocycles. The minimum Gasteiger partial charge on any atom is -0.244 e. The van der Waals surface area contributed by atoms with Gasteiger partial charge in [0.2, 0.25) is 0 Å². The second-order valence-electron chi connectivity index (χ2n) is 2.23. The first-order chi connectivity index (χ1) is 6.95. The quantitative estimate of drug-likeness (QED) is 0.522. The van der Waals surface area contributed by atoms with Crippen LogP contribution in [0.2, 0.25) is 0 Å². The highest BCUT2D eigenvalue weighted by atomic mass is 17.2. The van der Waals surface area contributed by atoms with Crippen LogP contribution in [0, 0.1) is 0 Å². The number of hydrogen-bond donors (Lipinski definition) is 0. The summed E-state index contributed by atoms with van der Waals surface area (Å²) in [6.45, 7) is 0. The van der Waals surface area contributed by atoms with E-state index in [0.29, 0.717) is 0 Å². The number of nitrogens with zero attached hydrogens (tertiary/aromatic N) is 4. The van der Waals surface area contributed by atoms with Crippen LogP contribution in [0.1, 0.15) is 0 Å². The summed E-state index contributed by atoms with van der Waals surface area (Å²) in [6, 6.07) is 3.57. The fourth-order valence-corrected chi connectivity index (χ4v) is 0.731. The van der Waals surface area contributed by atoms with Crippen molar-refractivity contribution >= 4 is 0 Å². The van der Waals surface area contributed by atoms with Crippen LogP contribution in [0.5, 0.6) is 12.0 Å². The normalized spacial score (nSPS) is 9.43. The van der Waals surface area contributed by atoms with Gasteiger partial charge >= 0.3 is 12.0 Å². The van der Waals surface area contributed by atoms with Gasteiger partial charge in [0, 0.05) is 24.8 Å². The van der Waals surface area contributed by atoms with Gasteiger partial charge in [-0.1, -0.05) is 0 Å². The minimum absolute atomic E-state index is 0.111. The highest BCUT2D eigenvalue weighted by Gasteiger charge is 1.99. The van der Waals surface area contributed by atoms with E-state index in [1.54, 1.807) is 12.1 Å². The Hall–Kier alpha value is -2.24. The van der Waals surface area contributed by atoms with E-state index in [2.05, 4.69) is 19.9 Å². The number of rotatable bonds is 3. The summed E-state index contributed by atoms with van der Waals surface area (Å²) in [5, 5.41) is 0. The highest BCUT2D eigenvalue weighted by Crippen LogP contribution is 2.02. The van der Waals surface area contributed by atoms with Crippen molar-refractivity contribution in [2.75, 3.05) is 0 Å². The fourth-order valence-electron chi connectivity index (χ4n) is 0.731. The Kier molecular flexibility index (Phi) is 2.46. The first-order valence-electron chi connectivity index (χ1n) is 3.84. The predicted molar refractivity (Wildman–Crippen MR) is 45.3 cm³/mol. The smallest absolute Gasteiger partial charge is 0.244 e. The molecule has 0 aliphatic rings. The molecular weight excluding hydrogens is 184 g/mol. The van der Waals surface area contributed by atoms with Gasteiger partial charge < -0.3 is 0 Å². The summed E-state index contributed by atoms with van der Waals surface area (Å²) in [6.07, 6.45) is 6.16. The van der Waals surface area contributed by atoms with Crippen LogP contribution < -0.4 is 9.78 Å². The zero-order valence-electron chi connectivity index (χ0n) is 7.07. The molecule has 0 spiro atoms. The molecule has 0 N–H and O–H groups in total. The van der Waals surface area contributed by atoms with Crippen molar-refractivity contribution in [3.8, 4) is 12.0 Å². The topological polar surface area (TPSA) is 70.0 Å². The summed E-state index contributed by atoms with van der Waals surface area (Å²) in [7, 11) is 0. The van der Waals surface area contributed by atoms with E-state index in [1.807, 2.05) is 0 Å². The van der Waals surface area contributed by atoms with E-state index in [1.165, 1.54) is 24.8 Å². The molecule has 0 atom stereocenters. The third kappa shape index (κ3) is 2.13. The summed E-state index contributed by atoms with van der Waals surface area (Å²) >= 11 is 0. The van der Waals surface area contributed by atoms with E-state index in [0.717, 1.165) is 0 Å². The fraction of sp³-hybridized carbons (Fsp3) is 0. The summed E-state index contributed by atoms with van der Waals surface area (Å²) < 4.78 is 0. The van der Waals surface area contributed by atoms with Crippen molar-refractivity contribution in [1.82, 2.24) is 19.9 Å². The molecule has 2 heterocycles. The molecule has 0 bridgehead atoms. The van der Waals surface area contributed by atoms with Gasteiger partial charge in [0.05, 0.1) is 0 Å². The Morgan fingerprint density at radius 3 is 1.36 bits per heavy atom. The van der Waals surface area contributed by atoms with Crippen LogP contribution in [0.3, 0.4) is 0 Å². The van der Waals surface area contributed by atoms with Gasteiger partial charge in [-0.25, -0.2) is 29.7 Å². The second kappa shape index (κ2) is 4.13. The van der Waals surface area contributed by atoms with Crippen molar-refractivity contribution in [2.24, 2.45) is 0 Å². The summed E-state index contributed by atoms with van der Waals surface area (Å²) in [5.74, 6) is 0. The van der Waals surface area contributed by atoms with Crippen molar-refractivity contribution in [1.29, 1.82) is 0 Å². The highest BCUT2D eigenvalue weighted by molar-refractivity contribution is 4.95. The maximum absolute atomic E-state index is 4.74. The Morgan fingerprint density at radius 2 is 1.00 bits per heavy atom. The molecule has 6 nitrogen and oxygen atoms in total. The molecule has 0 unspecified atom stereocenters. The lowest BCUT2D eigenvalue weighted by Crippen LogP contribution is -2.05. The zero-order chi connectivity index (χ0) is 9.64. The maximum Gasteiger partial charge on any atom is 0.366 e. The summed E-state index contributed by atoms with van der Waals surface area (Å²) in [4.78, 5) is 24.6.